The normalized spacial score (nSPS) is 12.8. The number of aliphatic carboxylic acids is 1. The zero-order chi connectivity index (χ0) is 24.4. The van der Waals surface area contributed by atoms with E-state index in [-0.39, 0.29) is 37.1 Å². The maximum atomic E-state index is 12.7. The summed E-state index contributed by atoms with van der Waals surface area (Å²) in [6.07, 6.45) is -0.181. The Kier molecular flexibility index (Phi) is 10.8. The Morgan fingerprint density at radius 1 is 1.06 bits per heavy atom. The van der Waals surface area contributed by atoms with E-state index in [0.717, 1.165) is 11.1 Å². The Balaban J connectivity index is 2.69. The number of hydrogen-bond donors (Lipinski definition) is 5. The van der Waals surface area contributed by atoms with Crippen LogP contribution in [0.25, 0.3) is 0 Å². The minimum Gasteiger partial charge on any atom is -0.481 e. The molecule has 0 saturated heterocycles. The number of nitrogens with one attached hydrogen (secondary N) is 2. The van der Waals surface area contributed by atoms with E-state index in [2.05, 4.69) is 10.6 Å². The average molecular weight is 451 g/mol. The van der Waals surface area contributed by atoms with Gasteiger partial charge in [0.25, 0.3) is 0 Å². The third kappa shape index (κ3) is 10.7. The maximum absolute atomic E-state index is 12.7. The molecule has 180 valence electrons. The van der Waals surface area contributed by atoms with Crippen molar-refractivity contribution < 1.29 is 24.2 Å². The molecule has 1 aromatic carbocycles. The predicted molar refractivity (Wildman–Crippen MR) is 123 cm³/mol. The maximum Gasteiger partial charge on any atom is 0.303 e. The third-order valence-electron chi connectivity index (χ3n) is 5.02. The zero-order valence-corrected chi connectivity index (χ0v) is 19.6. The number of rotatable bonds is 14. The van der Waals surface area contributed by atoms with E-state index in [1.165, 1.54) is 0 Å². The number of hydrogen-bond acceptors (Lipinski definition) is 6. The molecule has 0 fully saturated rings. The summed E-state index contributed by atoms with van der Waals surface area (Å²) < 4.78 is 5.91. The van der Waals surface area contributed by atoms with Gasteiger partial charge < -0.3 is 31.9 Å². The first-order valence-electron chi connectivity index (χ1n) is 10.8. The second kappa shape index (κ2) is 12.5. The van der Waals surface area contributed by atoms with E-state index < -0.39 is 23.5 Å². The highest BCUT2D eigenvalue weighted by Crippen LogP contribution is 2.18. The van der Waals surface area contributed by atoms with E-state index in [0.29, 0.717) is 19.7 Å². The van der Waals surface area contributed by atoms with Crippen molar-refractivity contribution in [3.8, 4) is 0 Å². The number of benzene rings is 1. The molecule has 1 atom stereocenters. The fourth-order valence-corrected chi connectivity index (χ4v) is 2.68. The Bertz CT molecular complexity index is 762. The quantitative estimate of drug-likeness (QED) is 0.282. The van der Waals surface area contributed by atoms with Gasteiger partial charge in [0.15, 0.2) is 0 Å². The van der Waals surface area contributed by atoms with Crippen LogP contribution in [0.4, 0.5) is 0 Å². The van der Waals surface area contributed by atoms with Crippen LogP contribution in [-0.4, -0.2) is 54.2 Å². The van der Waals surface area contributed by atoms with Crippen LogP contribution in [-0.2, 0) is 32.1 Å². The Hall–Kier alpha value is -2.49. The molecule has 0 aliphatic carbocycles. The Morgan fingerprint density at radius 2 is 1.66 bits per heavy atom. The molecule has 0 aliphatic heterocycles. The SMILES string of the molecule is CC(C)(CN)COC(C)(C)CNC(=O)[C@H](CCC(=O)O)NC(=O)Cc1ccc(CN)cc1. The number of carboxylic acids is 1. The highest BCUT2D eigenvalue weighted by Gasteiger charge is 2.27. The fraction of sp³-hybridized carbons (Fsp3) is 0.609. The lowest BCUT2D eigenvalue weighted by Crippen LogP contribution is -2.51. The number of amides is 2. The first-order valence-corrected chi connectivity index (χ1v) is 10.8. The molecule has 0 aliphatic rings. The largest absolute Gasteiger partial charge is 0.481 e. The van der Waals surface area contributed by atoms with Crippen molar-refractivity contribution in [2.45, 2.75) is 65.1 Å². The van der Waals surface area contributed by atoms with Gasteiger partial charge in [-0.05, 0) is 37.9 Å². The van der Waals surface area contributed by atoms with Crippen LogP contribution in [0, 0.1) is 5.41 Å². The van der Waals surface area contributed by atoms with Crippen molar-refractivity contribution >= 4 is 17.8 Å². The van der Waals surface area contributed by atoms with Crippen LogP contribution < -0.4 is 22.1 Å². The minimum absolute atomic E-state index is 0.0134. The summed E-state index contributed by atoms with van der Waals surface area (Å²) in [5.74, 6) is -1.86. The molecule has 0 spiro atoms. The van der Waals surface area contributed by atoms with Crippen molar-refractivity contribution in [2.24, 2.45) is 16.9 Å². The predicted octanol–water partition coefficient (Wildman–Crippen LogP) is 0.934. The summed E-state index contributed by atoms with van der Waals surface area (Å²) in [5.41, 5.74) is 12.2. The molecule has 9 heteroatoms. The lowest BCUT2D eigenvalue weighted by molar-refractivity contribution is -0.138. The summed E-state index contributed by atoms with van der Waals surface area (Å²) in [7, 11) is 0. The van der Waals surface area contributed by atoms with Gasteiger partial charge in [-0.25, -0.2) is 0 Å². The van der Waals surface area contributed by atoms with Gasteiger partial charge in [0.1, 0.15) is 6.04 Å². The van der Waals surface area contributed by atoms with Crippen LogP contribution in [0.15, 0.2) is 24.3 Å². The monoisotopic (exact) mass is 450 g/mol. The van der Waals surface area contributed by atoms with E-state index in [9.17, 15) is 14.4 Å². The van der Waals surface area contributed by atoms with Gasteiger partial charge in [-0.15, -0.1) is 0 Å². The highest BCUT2D eigenvalue weighted by atomic mass is 16.5. The molecule has 9 nitrogen and oxygen atoms in total. The first kappa shape index (κ1) is 27.5. The lowest BCUT2D eigenvalue weighted by atomic mass is 9.95. The molecule has 0 heterocycles. The number of carboxylic acid groups (broad SMARTS) is 1. The van der Waals surface area contributed by atoms with Crippen molar-refractivity contribution in [1.82, 2.24) is 10.6 Å². The second-order valence-electron chi connectivity index (χ2n) is 9.38. The van der Waals surface area contributed by atoms with Gasteiger partial charge in [0.05, 0.1) is 18.6 Å². The van der Waals surface area contributed by atoms with Gasteiger partial charge in [0, 0.05) is 24.9 Å². The molecule has 32 heavy (non-hydrogen) atoms. The van der Waals surface area contributed by atoms with E-state index in [1.807, 2.05) is 39.8 Å². The summed E-state index contributed by atoms with van der Waals surface area (Å²) >= 11 is 0. The third-order valence-corrected chi connectivity index (χ3v) is 5.02. The number of carbonyl (C=O) groups excluding carboxylic acids is 2. The van der Waals surface area contributed by atoms with Gasteiger partial charge in [0.2, 0.25) is 11.8 Å². The lowest BCUT2D eigenvalue weighted by Gasteiger charge is -2.31. The Morgan fingerprint density at radius 3 is 2.19 bits per heavy atom. The molecule has 0 radical (unpaired) electrons. The Labute approximate surface area is 190 Å². The van der Waals surface area contributed by atoms with Gasteiger partial charge in [-0.2, -0.15) is 0 Å². The molecule has 0 aromatic heterocycles. The molecule has 0 unspecified atom stereocenters. The zero-order valence-electron chi connectivity index (χ0n) is 19.6. The number of ether oxygens (including phenoxy) is 1. The first-order chi connectivity index (χ1) is 14.9. The van der Waals surface area contributed by atoms with Gasteiger partial charge in [-0.1, -0.05) is 38.1 Å². The summed E-state index contributed by atoms with van der Waals surface area (Å²) in [4.78, 5) is 36.2. The topological polar surface area (TPSA) is 157 Å². The molecule has 1 rings (SSSR count). The van der Waals surface area contributed by atoms with Crippen molar-refractivity contribution in [2.75, 3.05) is 19.7 Å². The molecule has 2 amide bonds. The fourth-order valence-electron chi connectivity index (χ4n) is 2.68. The molecule has 0 bridgehead atoms. The van der Waals surface area contributed by atoms with Crippen LogP contribution in [0.2, 0.25) is 0 Å². The van der Waals surface area contributed by atoms with E-state index >= 15 is 0 Å². The summed E-state index contributed by atoms with van der Waals surface area (Å²) in [5, 5.41) is 14.4. The molecule has 0 saturated carbocycles. The smallest absolute Gasteiger partial charge is 0.303 e. The summed E-state index contributed by atoms with van der Waals surface area (Å²) in [6.45, 7) is 9.17. The molecule has 7 N–H and O–H groups in total. The van der Waals surface area contributed by atoms with Crippen molar-refractivity contribution in [3.05, 3.63) is 35.4 Å². The number of carbonyl (C=O) groups is 3. The molecular formula is C23H38N4O5. The van der Waals surface area contributed by atoms with Crippen molar-refractivity contribution in [1.29, 1.82) is 0 Å². The second-order valence-corrected chi connectivity index (χ2v) is 9.38. The van der Waals surface area contributed by atoms with E-state index in [4.69, 9.17) is 21.3 Å². The molecule has 1 aromatic rings. The van der Waals surface area contributed by atoms with Gasteiger partial charge in [-0.3, -0.25) is 14.4 Å². The van der Waals surface area contributed by atoms with Crippen LogP contribution in [0.3, 0.4) is 0 Å². The molecular weight excluding hydrogens is 412 g/mol. The van der Waals surface area contributed by atoms with Crippen molar-refractivity contribution in [3.63, 3.8) is 0 Å². The average Bonchev–Trinajstić information content (AvgIpc) is 2.74. The van der Waals surface area contributed by atoms with Crippen LogP contribution >= 0.6 is 0 Å². The van der Waals surface area contributed by atoms with Crippen LogP contribution in [0.1, 0.15) is 51.7 Å². The number of nitrogens with two attached hydrogens (primary N) is 2. The van der Waals surface area contributed by atoms with Gasteiger partial charge >= 0.3 is 5.97 Å². The highest BCUT2D eigenvalue weighted by molar-refractivity contribution is 5.88. The van der Waals surface area contributed by atoms with E-state index in [1.54, 1.807) is 12.1 Å². The van der Waals surface area contributed by atoms with Crippen LogP contribution in [0.5, 0.6) is 0 Å². The summed E-state index contributed by atoms with van der Waals surface area (Å²) in [6, 6.07) is 6.32. The minimum atomic E-state index is -1.04. The standard InChI is InChI=1S/C23H38N4O5/c1-22(2,13-25)15-32-23(3,4)14-26-21(31)18(9-10-20(29)30)27-19(28)11-16-5-7-17(12-24)8-6-16/h5-8,18H,9-15,24-25H2,1-4H3,(H,26,31)(H,27,28)(H,29,30)/t18-/m0/s1.